The predicted molar refractivity (Wildman–Crippen MR) is 87.4 cm³/mol. The molecule has 2 aromatic carbocycles. The fourth-order valence-electron chi connectivity index (χ4n) is 1.61. The molecule has 2 N–H and O–H groups in total. The van der Waals surface area contributed by atoms with E-state index < -0.39 is 0 Å². The summed E-state index contributed by atoms with van der Waals surface area (Å²) >= 11 is 17.1. The highest BCUT2D eigenvalue weighted by atomic mass is 35.5. The Bertz CT molecular complexity index is 656. The number of nitrogens with one attached hydrogen (secondary N) is 2. The number of rotatable bonds is 2. The number of hydrogen-bond acceptors (Lipinski definition) is 1. The summed E-state index contributed by atoms with van der Waals surface area (Å²) in [6, 6.07) is 9.76. The molecule has 0 aromatic heterocycles. The van der Waals surface area contributed by atoms with Crippen molar-refractivity contribution in [3.63, 3.8) is 0 Å². The van der Waals surface area contributed by atoms with Crippen LogP contribution in [0.5, 0.6) is 0 Å². The summed E-state index contributed by atoms with van der Waals surface area (Å²) < 4.78 is 13.4. The molecule has 2 aromatic rings. The molecule has 0 saturated carbocycles. The third-order valence-electron chi connectivity index (χ3n) is 2.69. The van der Waals surface area contributed by atoms with Crippen LogP contribution in [0.25, 0.3) is 0 Å². The molecular formula is C14H11Cl2FN2S. The van der Waals surface area contributed by atoms with E-state index >= 15 is 0 Å². The average Bonchev–Trinajstić information content (AvgIpc) is 2.39. The van der Waals surface area contributed by atoms with Gasteiger partial charge in [0.1, 0.15) is 5.82 Å². The van der Waals surface area contributed by atoms with Gasteiger partial charge in [-0.1, -0.05) is 29.3 Å². The monoisotopic (exact) mass is 328 g/mol. The van der Waals surface area contributed by atoms with Gasteiger partial charge >= 0.3 is 0 Å². The molecule has 0 aliphatic heterocycles. The van der Waals surface area contributed by atoms with Gasteiger partial charge in [-0.25, -0.2) is 4.39 Å². The van der Waals surface area contributed by atoms with E-state index in [0.717, 1.165) is 0 Å². The zero-order chi connectivity index (χ0) is 14.7. The van der Waals surface area contributed by atoms with Crippen LogP contribution in [0.2, 0.25) is 10.0 Å². The van der Waals surface area contributed by atoms with Crippen LogP contribution in [-0.4, -0.2) is 5.11 Å². The highest BCUT2D eigenvalue weighted by molar-refractivity contribution is 7.80. The smallest absolute Gasteiger partial charge is 0.175 e. The van der Waals surface area contributed by atoms with E-state index in [9.17, 15) is 4.39 Å². The van der Waals surface area contributed by atoms with E-state index in [1.807, 2.05) is 0 Å². The van der Waals surface area contributed by atoms with E-state index in [-0.39, 0.29) is 5.82 Å². The molecule has 0 radical (unpaired) electrons. The molecule has 6 heteroatoms. The summed E-state index contributed by atoms with van der Waals surface area (Å²) in [4.78, 5) is 0. The summed E-state index contributed by atoms with van der Waals surface area (Å²) in [6.07, 6.45) is 0. The van der Waals surface area contributed by atoms with Crippen molar-refractivity contribution in [3.8, 4) is 0 Å². The molecule has 0 aliphatic rings. The Morgan fingerprint density at radius 3 is 2.55 bits per heavy atom. The lowest BCUT2D eigenvalue weighted by Crippen LogP contribution is -2.20. The second kappa shape index (κ2) is 6.39. The van der Waals surface area contributed by atoms with Crippen LogP contribution in [0, 0.1) is 12.7 Å². The molecule has 0 fully saturated rings. The Kier molecular flexibility index (Phi) is 4.81. The van der Waals surface area contributed by atoms with Crippen molar-refractivity contribution in [1.82, 2.24) is 0 Å². The minimum Gasteiger partial charge on any atom is -0.332 e. The standard InChI is InChI=1S/C14H11Cl2FN2S/c1-8-11(17)3-2-4-12(8)18-14(20)19-13-7-9(15)5-6-10(13)16/h2-7H,1H3,(H2,18,19,20). The Balaban J connectivity index is 2.13. The van der Waals surface area contributed by atoms with Crippen molar-refractivity contribution in [3.05, 3.63) is 57.8 Å². The van der Waals surface area contributed by atoms with E-state index in [1.165, 1.54) is 6.07 Å². The molecule has 0 amide bonds. The maximum atomic E-state index is 13.4. The first-order chi connectivity index (χ1) is 9.47. The fraction of sp³-hybridized carbons (Fsp3) is 0.0714. The lowest BCUT2D eigenvalue weighted by Gasteiger charge is -2.13. The first kappa shape index (κ1) is 15.0. The van der Waals surface area contributed by atoms with E-state index in [2.05, 4.69) is 10.6 Å². The first-order valence-electron chi connectivity index (χ1n) is 5.75. The molecule has 2 rings (SSSR count). The van der Waals surface area contributed by atoms with Gasteiger partial charge in [0.2, 0.25) is 0 Å². The first-order valence-corrected chi connectivity index (χ1v) is 6.92. The molecule has 0 aliphatic carbocycles. The lowest BCUT2D eigenvalue weighted by atomic mass is 10.2. The van der Waals surface area contributed by atoms with Gasteiger partial charge in [-0.2, -0.15) is 0 Å². The van der Waals surface area contributed by atoms with Crippen molar-refractivity contribution in [2.75, 3.05) is 10.6 Å². The number of anilines is 2. The van der Waals surface area contributed by atoms with Crippen LogP contribution < -0.4 is 10.6 Å². The van der Waals surface area contributed by atoms with Gasteiger partial charge < -0.3 is 10.6 Å². The largest absolute Gasteiger partial charge is 0.332 e. The van der Waals surface area contributed by atoms with Gasteiger partial charge in [-0.05, 0) is 49.5 Å². The van der Waals surface area contributed by atoms with Crippen LogP contribution >= 0.6 is 35.4 Å². The Labute approximate surface area is 131 Å². The van der Waals surface area contributed by atoms with E-state index in [1.54, 1.807) is 37.3 Å². The lowest BCUT2D eigenvalue weighted by molar-refractivity contribution is 0.619. The van der Waals surface area contributed by atoms with Crippen molar-refractivity contribution >= 4 is 51.9 Å². The van der Waals surface area contributed by atoms with Crippen molar-refractivity contribution < 1.29 is 4.39 Å². The third kappa shape index (κ3) is 3.60. The van der Waals surface area contributed by atoms with Crippen molar-refractivity contribution in [2.45, 2.75) is 6.92 Å². The molecule has 0 atom stereocenters. The quantitative estimate of drug-likeness (QED) is 0.736. The molecule has 2 nitrogen and oxygen atoms in total. The minimum atomic E-state index is -0.293. The van der Waals surface area contributed by atoms with Gasteiger partial charge in [0.05, 0.1) is 10.7 Å². The van der Waals surface area contributed by atoms with Crippen molar-refractivity contribution in [1.29, 1.82) is 0 Å². The molecular weight excluding hydrogens is 318 g/mol. The molecule has 0 spiro atoms. The zero-order valence-electron chi connectivity index (χ0n) is 10.5. The highest BCUT2D eigenvalue weighted by Crippen LogP contribution is 2.26. The van der Waals surface area contributed by atoms with Crippen molar-refractivity contribution in [2.24, 2.45) is 0 Å². The summed E-state index contributed by atoms with van der Waals surface area (Å²) in [5.74, 6) is -0.293. The van der Waals surface area contributed by atoms with Crippen LogP contribution in [-0.2, 0) is 0 Å². The summed E-state index contributed by atoms with van der Waals surface area (Å²) in [7, 11) is 0. The van der Waals surface area contributed by atoms with Gasteiger partial charge in [0, 0.05) is 16.3 Å². The normalized spacial score (nSPS) is 10.2. The number of benzene rings is 2. The van der Waals surface area contributed by atoms with Crippen LogP contribution in [0.3, 0.4) is 0 Å². The topological polar surface area (TPSA) is 24.1 Å². The maximum Gasteiger partial charge on any atom is 0.175 e. The summed E-state index contributed by atoms with van der Waals surface area (Å²) in [5.41, 5.74) is 1.68. The van der Waals surface area contributed by atoms with E-state index in [0.29, 0.717) is 32.1 Å². The van der Waals surface area contributed by atoms with Crippen LogP contribution in [0.1, 0.15) is 5.56 Å². The molecule has 0 bridgehead atoms. The summed E-state index contributed by atoms with van der Waals surface area (Å²) in [6.45, 7) is 1.67. The fourth-order valence-corrected chi connectivity index (χ4v) is 2.17. The maximum absolute atomic E-state index is 13.4. The molecule has 0 unspecified atom stereocenters. The number of halogens is 3. The van der Waals surface area contributed by atoms with Crippen LogP contribution in [0.4, 0.5) is 15.8 Å². The van der Waals surface area contributed by atoms with Gasteiger partial charge in [0.15, 0.2) is 5.11 Å². The number of thiocarbonyl (C=S) groups is 1. The Morgan fingerprint density at radius 2 is 1.80 bits per heavy atom. The molecule has 104 valence electrons. The average molecular weight is 329 g/mol. The van der Waals surface area contributed by atoms with Gasteiger partial charge in [-0.15, -0.1) is 0 Å². The molecule has 20 heavy (non-hydrogen) atoms. The molecule has 0 saturated heterocycles. The Morgan fingerprint density at radius 1 is 1.10 bits per heavy atom. The van der Waals surface area contributed by atoms with Crippen LogP contribution in [0.15, 0.2) is 36.4 Å². The van der Waals surface area contributed by atoms with E-state index in [4.69, 9.17) is 35.4 Å². The van der Waals surface area contributed by atoms with Gasteiger partial charge in [0.25, 0.3) is 0 Å². The Hall–Kier alpha value is -1.36. The summed E-state index contributed by atoms with van der Waals surface area (Å²) in [5, 5.41) is 7.20. The number of hydrogen-bond donors (Lipinski definition) is 2. The minimum absolute atomic E-state index is 0.293. The second-order valence-corrected chi connectivity index (χ2v) is 5.37. The van der Waals surface area contributed by atoms with Gasteiger partial charge in [-0.3, -0.25) is 0 Å². The third-order valence-corrected chi connectivity index (χ3v) is 3.46. The SMILES string of the molecule is Cc1c(F)cccc1NC(=S)Nc1cc(Cl)ccc1Cl. The second-order valence-electron chi connectivity index (χ2n) is 4.12. The zero-order valence-corrected chi connectivity index (χ0v) is 12.8. The highest BCUT2D eigenvalue weighted by Gasteiger charge is 2.07. The predicted octanol–water partition coefficient (Wildman–Crippen LogP) is 5.25. The molecule has 0 heterocycles.